The maximum Gasteiger partial charge on any atom is 0.416 e. The highest BCUT2D eigenvalue weighted by atomic mass is 19.4. The summed E-state index contributed by atoms with van der Waals surface area (Å²) >= 11 is 0. The normalized spacial score (nSPS) is 11.9. The van der Waals surface area contributed by atoms with Gasteiger partial charge in [-0.15, -0.1) is 0 Å². The molecule has 0 saturated carbocycles. The lowest BCUT2D eigenvalue weighted by atomic mass is 10.1. The molecule has 0 bridgehead atoms. The van der Waals surface area contributed by atoms with Crippen LogP contribution >= 0.6 is 0 Å². The van der Waals surface area contributed by atoms with Crippen molar-refractivity contribution in [3.8, 4) is 5.69 Å². The van der Waals surface area contributed by atoms with Crippen LogP contribution in [-0.2, 0) is 6.18 Å². The van der Waals surface area contributed by atoms with Crippen molar-refractivity contribution in [2.45, 2.75) is 25.9 Å². The lowest BCUT2D eigenvalue weighted by Gasteiger charge is -2.12. The van der Waals surface area contributed by atoms with E-state index in [4.69, 9.17) is 5.11 Å². The molecule has 7 heteroatoms. The number of carboxylic acid groups (broad SMARTS) is 1. The Bertz CT molecular complexity index is 675. The average molecular weight is 298 g/mol. The summed E-state index contributed by atoms with van der Waals surface area (Å²) < 4.78 is 39.5. The van der Waals surface area contributed by atoms with Gasteiger partial charge in [0, 0.05) is 5.69 Å². The monoisotopic (exact) mass is 298 g/mol. The second-order valence-electron chi connectivity index (χ2n) is 4.87. The smallest absolute Gasteiger partial charge is 0.416 e. The van der Waals surface area contributed by atoms with Crippen LogP contribution in [0, 0.1) is 0 Å². The zero-order valence-electron chi connectivity index (χ0n) is 11.3. The van der Waals surface area contributed by atoms with E-state index in [1.165, 1.54) is 22.9 Å². The third kappa shape index (κ3) is 3.07. The Morgan fingerprint density at radius 2 is 1.95 bits per heavy atom. The first-order chi connectivity index (χ1) is 9.70. The van der Waals surface area contributed by atoms with Crippen LogP contribution in [0.3, 0.4) is 0 Å². The second kappa shape index (κ2) is 5.23. The van der Waals surface area contributed by atoms with E-state index in [9.17, 15) is 18.0 Å². The van der Waals surface area contributed by atoms with Gasteiger partial charge in [0.15, 0.2) is 5.69 Å². The number of rotatable bonds is 3. The van der Waals surface area contributed by atoms with Gasteiger partial charge in [-0.05, 0) is 30.2 Å². The number of carboxylic acids is 1. The van der Waals surface area contributed by atoms with Gasteiger partial charge in [-0.1, -0.05) is 19.9 Å². The zero-order chi connectivity index (χ0) is 15.8. The van der Waals surface area contributed by atoms with Crippen LogP contribution in [-0.4, -0.2) is 20.9 Å². The molecule has 2 aromatic rings. The van der Waals surface area contributed by atoms with Gasteiger partial charge >= 0.3 is 12.1 Å². The van der Waals surface area contributed by atoms with Crippen molar-refractivity contribution in [3.05, 3.63) is 47.3 Å². The van der Waals surface area contributed by atoms with E-state index in [1.807, 2.05) is 13.8 Å². The third-order valence-electron chi connectivity index (χ3n) is 2.97. The molecular weight excluding hydrogens is 285 g/mol. The van der Waals surface area contributed by atoms with Crippen molar-refractivity contribution in [2.24, 2.45) is 0 Å². The Morgan fingerprint density at radius 3 is 2.48 bits per heavy atom. The fourth-order valence-corrected chi connectivity index (χ4v) is 1.93. The standard InChI is InChI=1S/C14H13F3N2O2/c1-8(2)12-7-11(13(20)21)18-19(12)10-5-3-4-9(6-10)14(15,16)17/h3-8H,1-2H3,(H,20,21). The van der Waals surface area contributed by atoms with Gasteiger partial charge in [-0.2, -0.15) is 18.3 Å². The first kappa shape index (κ1) is 15.1. The summed E-state index contributed by atoms with van der Waals surface area (Å²) in [4.78, 5) is 11.0. The van der Waals surface area contributed by atoms with Crippen molar-refractivity contribution in [3.63, 3.8) is 0 Å². The second-order valence-corrected chi connectivity index (χ2v) is 4.87. The van der Waals surface area contributed by atoms with Crippen LogP contribution in [0.25, 0.3) is 5.69 Å². The molecule has 0 aliphatic heterocycles. The number of aromatic nitrogens is 2. The number of alkyl halides is 3. The summed E-state index contributed by atoms with van der Waals surface area (Å²) in [5.41, 5.74) is -0.286. The molecule has 0 aliphatic carbocycles. The Morgan fingerprint density at radius 1 is 1.29 bits per heavy atom. The van der Waals surface area contributed by atoms with Gasteiger partial charge in [0.2, 0.25) is 0 Å². The fraction of sp³-hybridized carbons (Fsp3) is 0.286. The first-order valence-electron chi connectivity index (χ1n) is 6.21. The highest BCUT2D eigenvalue weighted by molar-refractivity contribution is 5.85. The minimum Gasteiger partial charge on any atom is -0.476 e. The number of hydrogen-bond donors (Lipinski definition) is 1. The summed E-state index contributed by atoms with van der Waals surface area (Å²) in [6, 6.07) is 6.00. The number of carbonyl (C=O) groups is 1. The van der Waals surface area contributed by atoms with Crippen molar-refractivity contribution in [2.75, 3.05) is 0 Å². The summed E-state index contributed by atoms with van der Waals surface area (Å²) in [5, 5.41) is 12.9. The van der Waals surface area contributed by atoms with E-state index in [2.05, 4.69) is 5.10 Å². The third-order valence-corrected chi connectivity index (χ3v) is 2.97. The molecule has 0 aliphatic rings. The van der Waals surface area contributed by atoms with Crippen molar-refractivity contribution >= 4 is 5.97 Å². The number of benzene rings is 1. The molecule has 0 radical (unpaired) electrons. The molecule has 112 valence electrons. The number of aromatic carboxylic acids is 1. The Balaban J connectivity index is 2.58. The molecular formula is C14H13F3N2O2. The van der Waals surface area contributed by atoms with E-state index in [0.29, 0.717) is 5.69 Å². The molecule has 0 atom stereocenters. The minimum atomic E-state index is -4.46. The Kier molecular flexibility index (Phi) is 3.76. The molecule has 1 N–H and O–H groups in total. The van der Waals surface area contributed by atoms with Gasteiger partial charge in [0.1, 0.15) is 0 Å². The van der Waals surface area contributed by atoms with E-state index < -0.39 is 17.7 Å². The molecule has 0 fully saturated rings. The quantitative estimate of drug-likeness (QED) is 0.939. The minimum absolute atomic E-state index is 0.0832. The molecule has 1 aromatic carbocycles. The zero-order valence-corrected chi connectivity index (χ0v) is 11.3. The lowest BCUT2D eigenvalue weighted by molar-refractivity contribution is -0.137. The topological polar surface area (TPSA) is 55.1 Å². The van der Waals surface area contributed by atoms with Crippen molar-refractivity contribution < 1.29 is 23.1 Å². The summed E-state index contributed by atoms with van der Waals surface area (Å²) in [6.07, 6.45) is -4.46. The van der Waals surface area contributed by atoms with E-state index in [0.717, 1.165) is 12.1 Å². The highest BCUT2D eigenvalue weighted by Crippen LogP contribution is 2.31. The number of halogens is 3. The lowest BCUT2D eigenvalue weighted by Crippen LogP contribution is -2.09. The van der Waals surface area contributed by atoms with Gasteiger partial charge < -0.3 is 5.11 Å². The molecule has 2 rings (SSSR count). The van der Waals surface area contributed by atoms with E-state index in [1.54, 1.807) is 0 Å². The van der Waals surface area contributed by atoms with Gasteiger partial charge in [0.25, 0.3) is 0 Å². The highest BCUT2D eigenvalue weighted by Gasteiger charge is 2.31. The van der Waals surface area contributed by atoms with Gasteiger partial charge in [0.05, 0.1) is 11.3 Å². The van der Waals surface area contributed by atoms with Crippen LogP contribution < -0.4 is 0 Å². The Hall–Kier alpha value is -2.31. The molecule has 0 unspecified atom stereocenters. The van der Waals surface area contributed by atoms with Crippen molar-refractivity contribution in [1.82, 2.24) is 9.78 Å². The van der Waals surface area contributed by atoms with Crippen LogP contribution in [0.1, 0.15) is 41.5 Å². The van der Waals surface area contributed by atoms with Crippen LogP contribution in [0.5, 0.6) is 0 Å². The van der Waals surface area contributed by atoms with Crippen LogP contribution in [0.2, 0.25) is 0 Å². The largest absolute Gasteiger partial charge is 0.476 e. The summed E-state index contributed by atoms with van der Waals surface area (Å²) in [7, 11) is 0. The molecule has 1 heterocycles. The summed E-state index contributed by atoms with van der Waals surface area (Å²) in [6.45, 7) is 3.62. The fourth-order valence-electron chi connectivity index (χ4n) is 1.93. The van der Waals surface area contributed by atoms with E-state index in [-0.39, 0.29) is 17.3 Å². The predicted molar refractivity (Wildman–Crippen MR) is 69.6 cm³/mol. The Labute approximate surface area is 118 Å². The number of hydrogen-bond acceptors (Lipinski definition) is 2. The van der Waals surface area contributed by atoms with Gasteiger partial charge in [-0.3, -0.25) is 0 Å². The molecule has 0 spiro atoms. The summed E-state index contributed by atoms with van der Waals surface area (Å²) in [5.74, 6) is -1.30. The molecule has 4 nitrogen and oxygen atoms in total. The average Bonchev–Trinajstić information content (AvgIpc) is 2.83. The number of nitrogens with zero attached hydrogens (tertiary/aromatic N) is 2. The molecule has 1 aromatic heterocycles. The molecule has 0 amide bonds. The van der Waals surface area contributed by atoms with Gasteiger partial charge in [-0.25, -0.2) is 9.48 Å². The maximum atomic E-state index is 12.8. The van der Waals surface area contributed by atoms with Crippen molar-refractivity contribution in [1.29, 1.82) is 0 Å². The van der Waals surface area contributed by atoms with E-state index >= 15 is 0 Å². The maximum absolute atomic E-state index is 12.8. The van der Waals surface area contributed by atoms with Crippen LogP contribution in [0.4, 0.5) is 13.2 Å². The first-order valence-corrected chi connectivity index (χ1v) is 6.21. The molecule has 0 saturated heterocycles. The molecule has 21 heavy (non-hydrogen) atoms. The predicted octanol–water partition coefficient (Wildman–Crippen LogP) is 3.71. The van der Waals surface area contributed by atoms with Crippen LogP contribution in [0.15, 0.2) is 30.3 Å². The SMILES string of the molecule is CC(C)c1cc(C(=O)O)nn1-c1cccc(C(F)(F)F)c1.